The number of ketones is 1. The largest absolute Gasteiger partial charge is 0.297 e. The van der Waals surface area contributed by atoms with Gasteiger partial charge in [-0.1, -0.05) is 30.0 Å². The summed E-state index contributed by atoms with van der Waals surface area (Å²) in [7, 11) is 0. The molecule has 1 aliphatic carbocycles. The van der Waals surface area contributed by atoms with Gasteiger partial charge in [-0.25, -0.2) is 4.39 Å². The average molecular weight is 333 g/mol. The fourth-order valence-electron chi connectivity index (χ4n) is 3.87. The van der Waals surface area contributed by atoms with Crippen molar-refractivity contribution in [2.75, 3.05) is 13.1 Å². The van der Waals surface area contributed by atoms with E-state index in [1.54, 1.807) is 18.2 Å². The van der Waals surface area contributed by atoms with Crippen LogP contribution in [0.5, 0.6) is 0 Å². The molecule has 3 unspecified atom stereocenters. The van der Waals surface area contributed by atoms with E-state index in [4.69, 9.17) is 0 Å². The number of Topliss-reactive ketones (excluding diaryl/α,β-unsaturated/α-hetero) is 1. The van der Waals surface area contributed by atoms with Gasteiger partial charge in [0.2, 0.25) is 0 Å². The van der Waals surface area contributed by atoms with Crippen molar-refractivity contribution in [3.8, 4) is 0 Å². The molecule has 0 aromatic heterocycles. The van der Waals surface area contributed by atoms with Gasteiger partial charge < -0.3 is 0 Å². The third-order valence-corrected chi connectivity index (χ3v) is 6.57. The number of rotatable bonds is 4. The molecule has 122 valence electrons. The molecule has 3 aliphatic rings. The average Bonchev–Trinajstić information content (AvgIpc) is 3.31. The molecule has 1 saturated carbocycles. The molecule has 3 nitrogen and oxygen atoms in total. The van der Waals surface area contributed by atoms with Gasteiger partial charge in [0, 0.05) is 36.2 Å². The van der Waals surface area contributed by atoms with Crippen molar-refractivity contribution < 1.29 is 14.0 Å². The lowest BCUT2D eigenvalue weighted by molar-refractivity contribution is -0.126. The van der Waals surface area contributed by atoms with Gasteiger partial charge in [-0.3, -0.25) is 14.5 Å². The molecule has 2 heterocycles. The molecule has 1 aromatic rings. The van der Waals surface area contributed by atoms with Gasteiger partial charge in [0.25, 0.3) is 0 Å². The number of benzene rings is 1. The second kappa shape index (κ2) is 6.02. The highest BCUT2D eigenvalue weighted by Gasteiger charge is 2.44. The van der Waals surface area contributed by atoms with E-state index < -0.39 is 6.04 Å². The number of hydrogen-bond donors (Lipinski definition) is 0. The van der Waals surface area contributed by atoms with Crippen molar-refractivity contribution in [2.45, 2.75) is 37.0 Å². The lowest BCUT2D eigenvalue weighted by atomic mass is 9.90. The zero-order valence-electron chi connectivity index (χ0n) is 12.9. The molecule has 0 amide bonds. The Morgan fingerprint density at radius 1 is 1.26 bits per heavy atom. The van der Waals surface area contributed by atoms with Gasteiger partial charge in [0.05, 0.1) is 6.04 Å². The summed E-state index contributed by atoms with van der Waals surface area (Å²) >= 11 is 1.46. The van der Waals surface area contributed by atoms with E-state index in [2.05, 4.69) is 4.90 Å². The van der Waals surface area contributed by atoms with Crippen molar-refractivity contribution in [2.24, 2.45) is 11.8 Å². The summed E-state index contributed by atoms with van der Waals surface area (Å²) in [5.41, 5.74) is 0.500. The van der Waals surface area contributed by atoms with Crippen LogP contribution in [-0.4, -0.2) is 34.1 Å². The normalized spacial score (nSPS) is 29.3. The van der Waals surface area contributed by atoms with Crippen LogP contribution in [0.4, 0.5) is 4.39 Å². The Morgan fingerprint density at radius 3 is 2.78 bits per heavy atom. The number of thioether (sulfide) groups is 1. The third kappa shape index (κ3) is 2.96. The smallest absolute Gasteiger partial charge is 0.189 e. The van der Waals surface area contributed by atoms with Crippen LogP contribution in [0.3, 0.4) is 0 Å². The number of piperidine rings is 1. The number of nitrogens with zero attached hydrogens (tertiary/aromatic N) is 1. The van der Waals surface area contributed by atoms with Crippen LogP contribution in [-0.2, 0) is 9.59 Å². The lowest BCUT2D eigenvalue weighted by Gasteiger charge is -2.39. The van der Waals surface area contributed by atoms with Crippen LogP contribution in [0.25, 0.3) is 0 Å². The molecule has 0 N–H and O–H groups in total. The van der Waals surface area contributed by atoms with Crippen LogP contribution in [0.15, 0.2) is 24.3 Å². The molecule has 2 aliphatic heterocycles. The zero-order valence-corrected chi connectivity index (χ0v) is 13.7. The minimum Gasteiger partial charge on any atom is -0.297 e. The summed E-state index contributed by atoms with van der Waals surface area (Å²) in [6.07, 6.45) is 3.35. The summed E-state index contributed by atoms with van der Waals surface area (Å²) in [6, 6.07) is 6.15. The standard InChI is InChI=1S/C18H20FNO2S/c19-14-4-2-1-3-13(14)17(18(22)11-5-6-11)20-8-7-15-12(10-20)9-16(21)23-15/h1-4,11-12,15,17H,5-10H2. The first-order chi connectivity index (χ1) is 11.1. The molecule has 23 heavy (non-hydrogen) atoms. The van der Waals surface area contributed by atoms with E-state index in [-0.39, 0.29) is 22.6 Å². The minimum absolute atomic E-state index is 0.0944. The number of fused-ring (bicyclic) bond motifs is 1. The molecule has 0 radical (unpaired) electrons. The highest BCUT2D eigenvalue weighted by atomic mass is 32.2. The predicted octanol–water partition coefficient (Wildman–Crippen LogP) is 3.20. The lowest BCUT2D eigenvalue weighted by Crippen LogP contribution is -2.45. The number of hydrogen-bond acceptors (Lipinski definition) is 4. The predicted molar refractivity (Wildman–Crippen MR) is 87.6 cm³/mol. The Hall–Kier alpha value is -1.20. The highest BCUT2D eigenvalue weighted by molar-refractivity contribution is 8.14. The van der Waals surface area contributed by atoms with Crippen molar-refractivity contribution in [3.05, 3.63) is 35.6 Å². The van der Waals surface area contributed by atoms with Gasteiger partial charge >= 0.3 is 0 Å². The van der Waals surface area contributed by atoms with Crippen molar-refractivity contribution in [1.82, 2.24) is 4.90 Å². The SMILES string of the molecule is O=C1CC2CN(C(C(=O)C3CC3)c3ccccc3F)CCC2S1. The van der Waals surface area contributed by atoms with Gasteiger partial charge in [0.15, 0.2) is 10.9 Å². The maximum absolute atomic E-state index is 14.3. The Labute approximate surface area is 139 Å². The zero-order chi connectivity index (χ0) is 16.0. The van der Waals surface area contributed by atoms with Gasteiger partial charge in [-0.15, -0.1) is 0 Å². The molecule has 4 rings (SSSR count). The minimum atomic E-state index is -0.481. The van der Waals surface area contributed by atoms with E-state index in [0.29, 0.717) is 23.2 Å². The van der Waals surface area contributed by atoms with Crippen LogP contribution in [0.2, 0.25) is 0 Å². The van der Waals surface area contributed by atoms with Crippen molar-refractivity contribution in [1.29, 1.82) is 0 Å². The van der Waals surface area contributed by atoms with Crippen LogP contribution < -0.4 is 0 Å². The van der Waals surface area contributed by atoms with Gasteiger partial charge in [0.1, 0.15) is 5.82 Å². The summed E-state index contributed by atoms with van der Waals surface area (Å²) < 4.78 is 14.3. The molecule has 3 fully saturated rings. The van der Waals surface area contributed by atoms with Gasteiger partial charge in [-0.05, 0) is 31.2 Å². The maximum Gasteiger partial charge on any atom is 0.189 e. The fraction of sp³-hybridized carbons (Fsp3) is 0.556. The Morgan fingerprint density at radius 2 is 2.04 bits per heavy atom. The van der Waals surface area contributed by atoms with Crippen molar-refractivity contribution >= 4 is 22.7 Å². The number of halogens is 1. The summed E-state index contributed by atoms with van der Waals surface area (Å²) in [4.78, 5) is 26.6. The second-order valence-electron chi connectivity index (χ2n) is 6.88. The molecular weight excluding hydrogens is 313 g/mol. The summed E-state index contributed by atoms with van der Waals surface area (Å²) in [5, 5.41) is 0.647. The molecule has 0 bridgehead atoms. The molecule has 0 spiro atoms. The molecule has 1 aromatic carbocycles. The molecular formula is C18H20FNO2S. The van der Waals surface area contributed by atoms with Gasteiger partial charge in [-0.2, -0.15) is 0 Å². The summed E-state index contributed by atoms with van der Waals surface area (Å²) in [6.45, 7) is 1.49. The number of likely N-dealkylation sites (tertiary alicyclic amines) is 1. The Balaban J connectivity index is 1.62. The Kier molecular flexibility index (Phi) is 4.01. The van der Waals surface area contributed by atoms with E-state index in [1.807, 2.05) is 0 Å². The van der Waals surface area contributed by atoms with Crippen molar-refractivity contribution in [3.63, 3.8) is 0 Å². The number of carbonyl (C=O) groups excluding carboxylic acids is 2. The molecule has 3 atom stereocenters. The topological polar surface area (TPSA) is 37.4 Å². The quantitative estimate of drug-likeness (QED) is 0.848. The third-order valence-electron chi connectivity index (χ3n) is 5.22. The second-order valence-corrected chi connectivity index (χ2v) is 8.17. The van der Waals surface area contributed by atoms with E-state index in [9.17, 15) is 14.0 Å². The van der Waals surface area contributed by atoms with E-state index in [0.717, 1.165) is 32.4 Å². The molecule has 2 saturated heterocycles. The maximum atomic E-state index is 14.3. The van der Waals surface area contributed by atoms with Crippen LogP contribution >= 0.6 is 11.8 Å². The first-order valence-corrected chi connectivity index (χ1v) is 9.23. The van der Waals surface area contributed by atoms with E-state index >= 15 is 0 Å². The number of carbonyl (C=O) groups is 2. The van der Waals surface area contributed by atoms with E-state index in [1.165, 1.54) is 17.8 Å². The first-order valence-electron chi connectivity index (χ1n) is 8.35. The van der Waals surface area contributed by atoms with Crippen LogP contribution in [0, 0.1) is 17.7 Å². The first kappa shape index (κ1) is 15.3. The summed E-state index contributed by atoms with van der Waals surface area (Å²) in [5.74, 6) is 0.260. The van der Waals surface area contributed by atoms with Crippen LogP contribution in [0.1, 0.15) is 37.3 Å². The highest BCUT2D eigenvalue weighted by Crippen LogP contribution is 2.43. The fourth-order valence-corrected chi connectivity index (χ4v) is 5.12. The monoisotopic (exact) mass is 333 g/mol. The Bertz CT molecular complexity index is 646. The molecule has 5 heteroatoms.